The van der Waals surface area contributed by atoms with Crippen LogP contribution in [-0.4, -0.2) is 23.0 Å². The van der Waals surface area contributed by atoms with Gasteiger partial charge in [-0.05, 0) is 49.7 Å². The minimum atomic E-state index is 0. The highest BCUT2D eigenvalue weighted by molar-refractivity contribution is 7.13. The number of aromatic nitrogens is 1. The molecule has 1 amide bonds. The smallest absolute Gasteiger partial charge is 0.226 e. The number of rotatable bonds is 4. The van der Waals surface area contributed by atoms with Crippen LogP contribution in [0.1, 0.15) is 37.8 Å². The monoisotopic (exact) mass is 461 g/mol. The van der Waals surface area contributed by atoms with E-state index >= 15 is 0 Å². The molecule has 2 fully saturated rings. The molecule has 28 heavy (non-hydrogen) atoms. The van der Waals surface area contributed by atoms with E-state index in [1.807, 2.05) is 29.6 Å². The van der Waals surface area contributed by atoms with E-state index in [9.17, 15) is 4.79 Å². The van der Waals surface area contributed by atoms with Crippen LogP contribution >= 0.6 is 47.8 Å². The number of halogens is 3. The molecule has 1 heterocycles. The first-order valence-electron chi connectivity index (χ1n) is 9.34. The lowest BCUT2D eigenvalue weighted by molar-refractivity contribution is -0.122. The third-order valence-corrected chi connectivity index (χ3v) is 6.88. The number of thiazole rings is 1. The Balaban J connectivity index is 0.00000140. The maximum atomic E-state index is 12.6. The zero-order valence-electron chi connectivity index (χ0n) is 15.5. The van der Waals surface area contributed by atoms with Crippen LogP contribution in [0.2, 0.25) is 5.02 Å². The van der Waals surface area contributed by atoms with Crippen molar-refractivity contribution in [2.75, 3.05) is 0 Å². The lowest BCUT2D eigenvalue weighted by Crippen LogP contribution is -2.54. The summed E-state index contributed by atoms with van der Waals surface area (Å²) in [6.45, 7) is 0. The van der Waals surface area contributed by atoms with Gasteiger partial charge >= 0.3 is 0 Å². The minimum Gasteiger partial charge on any atom is -0.352 e. The molecule has 4 nitrogen and oxygen atoms in total. The fourth-order valence-electron chi connectivity index (χ4n) is 4.54. The fourth-order valence-corrected chi connectivity index (χ4v) is 5.49. The van der Waals surface area contributed by atoms with Gasteiger partial charge in [-0.1, -0.05) is 30.2 Å². The van der Waals surface area contributed by atoms with Gasteiger partial charge in [0.15, 0.2) is 0 Å². The third-order valence-electron chi connectivity index (χ3n) is 5.69. The summed E-state index contributed by atoms with van der Waals surface area (Å²) in [5.41, 5.74) is 8.04. The molecule has 2 unspecified atom stereocenters. The molecule has 8 heteroatoms. The van der Waals surface area contributed by atoms with Gasteiger partial charge < -0.3 is 11.1 Å². The molecule has 0 aliphatic heterocycles. The summed E-state index contributed by atoms with van der Waals surface area (Å²) < 4.78 is 0. The summed E-state index contributed by atoms with van der Waals surface area (Å²) >= 11 is 7.50. The van der Waals surface area contributed by atoms with E-state index in [1.165, 1.54) is 19.3 Å². The summed E-state index contributed by atoms with van der Waals surface area (Å²) in [6.07, 6.45) is 6.06. The van der Waals surface area contributed by atoms with Crippen LogP contribution in [0.3, 0.4) is 0 Å². The number of hydrogen-bond donors (Lipinski definition) is 2. The number of fused-ring (bicyclic) bond motifs is 2. The lowest BCUT2D eigenvalue weighted by atomic mass is 9.67. The highest BCUT2D eigenvalue weighted by Crippen LogP contribution is 2.39. The Labute approximate surface area is 187 Å². The molecular weight excluding hydrogens is 437 g/mol. The molecule has 0 radical (unpaired) electrons. The van der Waals surface area contributed by atoms with Crippen LogP contribution in [0.5, 0.6) is 0 Å². The van der Waals surface area contributed by atoms with Crippen molar-refractivity contribution in [2.45, 2.75) is 50.6 Å². The molecule has 1 aromatic heterocycles. The van der Waals surface area contributed by atoms with Gasteiger partial charge in [-0.25, -0.2) is 4.98 Å². The summed E-state index contributed by atoms with van der Waals surface area (Å²) in [6, 6.07) is 8.23. The average Bonchev–Trinajstić information content (AvgIpc) is 3.04. The van der Waals surface area contributed by atoms with Gasteiger partial charge in [0.2, 0.25) is 5.91 Å². The van der Waals surface area contributed by atoms with Crippen molar-refractivity contribution in [1.29, 1.82) is 0 Å². The van der Waals surface area contributed by atoms with E-state index in [0.717, 1.165) is 29.1 Å². The predicted octanol–water partition coefficient (Wildman–Crippen LogP) is 4.87. The van der Waals surface area contributed by atoms with E-state index in [4.69, 9.17) is 17.3 Å². The molecule has 2 saturated carbocycles. The van der Waals surface area contributed by atoms with Crippen LogP contribution < -0.4 is 11.1 Å². The van der Waals surface area contributed by atoms with E-state index in [0.29, 0.717) is 35.4 Å². The molecule has 4 rings (SSSR count). The van der Waals surface area contributed by atoms with E-state index in [-0.39, 0.29) is 30.7 Å². The lowest BCUT2D eigenvalue weighted by Gasteiger charge is -2.45. The highest BCUT2D eigenvalue weighted by Gasteiger charge is 2.39. The van der Waals surface area contributed by atoms with Gasteiger partial charge in [0.05, 0.1) is 12.1 Å². The van der Waals surface area contributed by atoms with Gasteiger partial charge in [-0.2, -0.15) is 0 Å². The Bertz CT molecular complexity index is 769. The van der Waals surface area contributed by atoms with Gasteiger partial charge in [0.25, 0.3) is 0 Å². The summed E-state index contributed by atoms with van der Waals surface area (Å²) in [4.78, 5) is 17.2. The molecule has 2 aliphatic rings. The standard InChI is InChI=1S/C20H24ClN3OS.2ClH/c21-15-6-4-12(5-7-15)20-23-17(11-26-20)10-18(25)24-19-13-2-1-3-14(19)9-16(22)8-13;;/h4-7,11,13-14,16,19H,1-3,8-10,22H2,(H,24,25);2*1H. The number of nitrogens with zero attached hydrogens (tertiary/aromatic N) is 1. The number of hydrogen-bond acceptors (Lipinski definition) is 4. The molecule has 0 spiro atoms. The van der Waals surface area contributed by atoms with Crippen molar-refractivity contribution in [1.82, 2.24) is 10.3 Å². The normalized spacial score (nSPS) is 25.9. The first kappa shape index (κ1) is 23.4. The molecule has 154 valence electrons. The average molecular weight is 463 g/mol. The van der Waals surface area contributed by atoms with Crippen molar-refractivity contribution in [3.05, 3.63) is 40.4 Å². The van der Waals surface area contributed by atoms with E-state index in [2.05, 4.69) is 10.3 Å². The quantitative estimate of drug-likeness (QED) is 0.681. The molecule has 1 aromatic carbocycles. The maximum Gasteiger partial charge on any atom is 0.226 e. The first-order valence-corrected chi connectivity index (χ1v) is 10.6. The number of benzene rings is 1. The number of carbonyl (C=O) groups excluding carboxylic acids is 1. The Morgan fingerprint density at radius 3 is 2.46 bits per heavy atom. The SMILES string of the molecule is Cl.Cl.NC1CC2CCCC(C1)C2NC(=O)Cc1csc(-c2ccc(Cl)cc2)n1. The van der Waals surface area contributed by atoms with E-state index < -0.39 is 0 Å². The van der Waals surface area contributed by atoms with Crippen molar-refractivity contribution < 1.29 is 4.79 Å². The van der Waals surface area contributed by atoms with Crippen molar-refractivity contribution in [3.63, 3.8) is 0 Å². The molecular formula is C20H26Cl3N3OS. The second-order valence-electron chi connectivity index (χ2n) is 7.60. The highest BCUT2D eigenvalue weighted by atomic mass is 35.5. The van der Waals surface area contributed by atoms with Gasteiger partial charge in [0.1, 0.15) is 5.01 Å². The van der Waals surface area contributed by atoms with E-state index in [1.54, 1.807) is 11.3 Å². The molecule has 2 aliphatic carbocycles. The minimum absolute atomic E-state index is 0. The van der Waals surface area contributed by atoms with Crippen LogP contribution in [0.25, 0.3) is 10.6 Å². The molecule has 2 bridgehead atoms. The Morgan fingerprint density at radius 2 is 1.82 bits per heavy atom. The molecule has 2 atom stereocenters. The van der Waals surface area contributed by atoms with Crippen molar-refractivity contribution >= 4 is 53.7 Å². The summed E-state index contributed by atoms with van der Waals surface area (Å²) in [5.74, 6) is 1.17. The maximum absolute atomic E-state index is 12.6. The third kappa shape index (κ3) is 5.39. The molecule has 0 saturated heterocycles. The zero-order chi connectivity index (χ0) is 18.1. The number of carbonyl (C=O) groups is 1. The van der Waals surface area contributed by atoms with Gasteiger partial charge in [0, 0.05) is 28.0 Å². The number of nitrogens with two attached hydrogens (primary N) is 1. The second-order valence-corrected chi connectivity index (χ2v) is 8.90. The van der Waals surface area contributed by atoms with Crippen molar-refractivity contribution in [2.24, 2.45) is 17.6 Å². The fraction of sp³-hybridized carbons (Fsp3) is 0.500. The Morgan fingerprint density at radius 1 is 1.18 bits per heavy atom. The zero-order valence-corrected chi connectivity index (χ0v) is 18.7. The summed E-state index contributed by atoms with van der Waals surface area (Å²) in [5, 5.41) is 6.90. The second kappa shape index (κ2) is 10.3. The van der Waals surface area contributed by atoms with Crippen molar-refractivity contribution in [3.8, 4) is 10.6 Å². The summed E-state index contributed by atoms with van der Waals surface area (Å²) in [7, 11) is 0. The number of nitrogens with one attached hydrogen (secondary N) is 1. The number of amides is 1. The van der Waals surface area contributed by atoms with Gasteiger partial charge in [-0.3, -0.25) is 4.79 Å². The molecule has 3 N–H and O–H groups in total. The Kier molecular flexibility index (Phi) is 8.59. The molecule has 2 aromatic rings. The predicted molar refractivity (Wildman–Crippen MR) is 121 cm³/mol. The van der Waals surface area contributed by atoms with Crippen LogP contribution in [0, 0.1) is 11.8 Å². The van der Waals surface area contributed by atoms with Crippen LogP contribution in [0.15, 0.2) is 29.6 Å². The largest absolute Gasteiger partial charge is 0.352 e. The van der Waals surface area contributed by atoms with Gasteiger partial charge in [-0.15, -0.1) is 36.2 Å². The Hall–Kier alpha value is -0.850. The topological polar surface area (TPSA) is 68.0 Å². The van der Waals surface area contributed by atoms with Crippen LogP contribution in [0.4, 0.5) is 0 Å². The van der Waals surface area contributed by atoms with Crippen LogP contribution in [-0.2, 0) is 11.2 Å². The first-order chi connectivity index (χ1) is 12.6.